The lowest BCUT2D eigenvalue weighted by molar-refractivity contribution is -0.114. The van der Waals surface area contributed by atoms with Crippen molar-refractivity contribution in [1.82, 2.24) is 15.3 Å². The zero-order valence-corrected chi connectivity index (χ0v) is 14.9. The van der Waals surface area contributed by atoms with Crippen LogP contribution in [0.1, 0.15) is 16.2 Å². The molecule has 0 saturated heterocycles. The smallest absolute Gasteiger partial charge is 0.288 e. The largest absolute Gasteiger partial charge is 0.352 e. The third kappa shape index (κ3) is 2.95. The number of aromatic nitrogens is 2. The molecule has 3 aromatic rings. The van der Waals surface area contributed by atoms with E-state index >= 15 is 0 Å². The molecule has 1 aromatic heterocycles. The molecule has 2 amide bonds. The van der Waals surface area contributed by atoms with Gasteiger partial charge in [-0.2, -0.15) is 0 Å². The normalized spacial score (nSPS) is 12.7. The summed E-state index contributed by atoms with van der Waals surface area (Å²) in [6, 6.07) is 12.0. The molecule has 0 spiro atoms. The number of amides is 2. The lowest BCUT2D eigenvalue weighted by Crippen LogP contribution is -2.26. The molecule has 0 unspecified atom stereocenters. The van der Waals surface area contributed by atoms with E-state index in [1.165, 1.54) is 6.08 Å². The number of hydrogen-bond acceptors (Lipinski definition) is 4. The van der Waals surface area contributed by atoms with Crippen LogP contribution < -0.4 is 10.2 Å². The van der Waals surface area contributed by atoms with E-state index in [0.717, 1.165) is 34.2 Å². The number of benzene rings is 2. The van der Waals surface area contributed by atoms with Crippen LogP contribution in [-0.2, 0) is 11.2 Å². The maximum Gasteiger partial charge on any atom is 0.288 e. The maximum atomic E-state index is 12.1. The first kappa shape index (κ1) is 16.9. The minimum atomic E-state index is -0.321. The van der Waals surface area contributed by atoms with Gasteiger partial charge in [0.2, 0.25) is 11.7 Å². The Morgan fingerprint density at radius 1 is 1.19 bits per heavy atom. The summed E-state index contributed by atoms with van der Waals surface area (Å²) < 4.78 is 0. The van der Waals surface area contributed by atoms with Gasteiger partial charge in [-0.15, -0.1) is 0 Å². The molecule has 6 heteroatoms. The van der Waals surface area contributed by atoms with Crippen molar-refractivity contribution in [3.63, 3.8) is 0 Å². The summed E-state index contributed by atoms with van der Waals surface area (Å²) in [5, 5.41) is 3.39. The molecule has 0 saturated carbocycles. The van der Waals surface area contributed by atoms with Crippen molar-refractivity contribution in [1.29, 1.82) is 0 Å². The molecule has 0 fully saturated rings. The highest BCUT2D eigenvalue weighted by Gasteiger charge is 2.23. The van der Waals surface area contributed by atoms with Crippen LogP contribution in [0.3, 0.4) is 0 Å². The highest BCUT2D eigenvalue weighted by molar-refractivity contribution is 6.03. The van der Waals surface area contributed by atoms with Gasteiger partial charge in [0.1, 0.15) is 0 Å². The molecule has 1 aliphatic heterocycles. The van der Waals surface area contributed by atoms with Crippen LogP contribution in [0.5, 0.6) is 0 Å². The molecular weight excluding hydrogens is 340 g/mol. The van der Waals surface area contributed by atoms with E-state index in [-0.39, 0.29) is 17.6 Å². The Balaban J connectivity index is 1.77. The van der Waals surface area contributed by atoms with Crippen LogP contribution in [0.25, 0.3) is 22.0 Å². The van der Waals surface area contributed by atoms with Crippen LogP contribution in [-0.4, -0.2) is 35.4 Å². The lowest BCUT2D eigenvalue weighted by Gasteiger charge is -2.16. The van der Waals surface area contributed by atoms with E-state index in [9.17, 15) is 9.59 Å². The first-order chi connectivity index (χ1) is 13.1. The summed E-state index contributed by atoms with van der Waals surface area (Å²) in [4.78, 5) is 34.1. The van der Waals surface area contributed by atoms with E-state index < -0.39 is 0 Å². The first-order valence-electron chi connectivity index (χ1n) is 8.67. The third-order valence-electron chi connectivity index (χ3n) is 4.77. The van der Waals surface area contributed by atoms with Crippen molar-refractivity contribution in [2.45, 2.75) is 6.42 Å². The zero-order valence-electron chi connectivity index (χ0n) is 14.9. The Morgan fingerprint density at radius 3 is 2.74 bits per heavy atom. The van der Waals surface area contributed by atoms with Crippen molar-refractivity contribution in [2.75, 3.05) is 18.5 Å². The van der Waals surface area contributed by atoms with Gasteiger partial charge in [0.15, 0.2) is 0 Å². The standard InChI is InChI=1S/C21H18N4O2/c1-3-19(26)25-9-8-13-4-5-15(11-18(13)25)14-6-7-16-12-23-20(21(27)22-2)24-17(16)10-14/h3-7,10-12H,1,8-9H2,2H3,(H,22,27). The number of anilines is 1. The molecule has 1 aliphatic rings. The summed E-state index contributed by atoms with van der Waals surface area (Å²) in [5.74, 6) is -0.273. The topological polar surface area (TPSA) is 75.2 Å². The molecule has 0 aliphatic carbocycles. The van der Waals surface area contributed by atoms with Gasteiger partial charge in [0.05, 0.1) is 5.52 Å². The number of rotatable bonds is 3. The molecule has 6 nitrogen and oxygen atoms in total. The minimum absolute atomic E-state index is 0.0904. The van der Waals surface area contributed by atoms with Crippen LogP contribution in [0, 0.1) is 0 Å². The van der Waals surface area contributed by atoms with Gasteiger partial charge in [-0.1, -0.05) is 30.8 Å². The Kier molecular flexibility index (Phi) is 4.16. The van der Waals surface area contributed by atoms with Crippen molar-refractivity contribution in [3.8, 4) is 11.1 Å². The van der Waals surface area contributed by atoms with E-state index in [1.54, 1.807) is 18.1 Å². The second-order valence-electron chi connectivity index (χ2n) is 6.33. The summed E-state index contributed by atoms with van der Waals surface area (Å²) in [6.45, 7) is 4.25. The average molecular weight is 358 g/mol. The second-order valence-corrected chi connectivity index (χ2v) is 6.33. The molecule has 1 N–H and O–H groups in total. The minimum Gasteiger partial charge on any atom is -0.352 e. The molecule has 0 bridgehead atoms. The zero-order chi connectivity index (χ0) is 19.0. The lowest BCUT2D eigenvalue weighted by atomic mass is 10.0. The van der Waals surface area contributed by atoms with Crippen molar-refractivity contribution in [2.24, 2.45) is 0 Å². The van der Waals surface area contributed by atoms with Crippen molar-refractivity contribution < 1.29 is 9.59 Å². The first-order valence-corrected chi connectivity index (χ1v) is 8.67. The highest BCUT2D eigenvalue weighted by Crippen LogP contribution is 2.33. The van der Waals surface area contributed by atoms with Crippen LogP contribution in [0.15, 0.2) is 55.3 Å². The predicted octanol–water partition coefficient (Wildman–Crippen LogP) is 2.73. The molecule has 27 heavy (non-hydrogen) atoms. The van der Waals surface area contributed by atoms with E-state index in [4.69, 9.17) is 0 Å². The molecular formula is C21H18N4O2. The Bertz CT molecular complexity index is 1090. The number of hydrogen-bond donors (Lipinski definition) is 1. The summed E-state index contributed by atoms with van der Waals surface area (Å²) in [6.07, 6.45) is 3.83. The number of nitrogens with one attached hydrogen (secondary N) is 1. The third-order valence-corrected chi connectivity index (χ3v) is 4.77. The second kappa shape index (κ2) is 6.64. The van der Waals surface area contributed by atoms with E-state index in [1.807, 2.05) is 30.3 Å². The van der Waals surface area contributed by atoms with Gasteiger partial charge in [-0.25, -0.2) is 9.97 Å². The van der Waals surface area contributed by atoms with E-state index in [0.29, 0.717) is 12.1 Å². The van der Waals surface area contributed by atoms with Crippen LogP contribution >= 0.6 is 0 Å². The van der Waals surface area contributed by atoms with Gasteiger partial charge in [-0.3, -0.25) is 9.59 Å². The van der Waals surface area contributed by atoms with Crippen LogP contribution in [0.2, 0.25) is 0 Å². The fourth-order valence-electron chi connectivity index (χ4n) is 3.32. The highest BCUT2D eigenvalue weighted by atomic mass is 16.2. The molecule has 0 radical (unpaired) electrons. The fraction of sp³-hybridized carbons (Fsp3) is 0.143. The molecule has 0 atom stereocenters. The van der Waals surface area contributed by atoms with Crippen molar-refractivity contribution >= 4 is 28.4 Å². The number of carbonyl (C=O) groups excluding carboxylic acids is 2. The van der Waals surface area contributed by atoms with Gasteiger partial charge >= 0.3 is 0 Å². The SMILES string of the molecule is C=CC(=O)N1CCc2ccc(-c3ccc4cnc(C(=O)NC)nc4c3)cc21. The van der Waals surface area contributed by atoms with Crippen LogP contribution in [0.4, 0.5) is 5.69 Å². The summed E-state index contributed by atoms with van der Waals surface area (Å²) >= 11 is 0. The molecule has 2 heterocycles. The number of nitrogens with zero attached hydrogens (tertiary/aromatic N) is 3. The molecule has 2 aromatic carbocycles. The summed E-state index contributed by atoms with van der Waals surface area (Å²) in [7, 11) is 1.55. The van der Waals surface area contributed by atoms with Gasteiger partial charge in [0.25, 0.3) is 5.91 Å². The van der Waals surface area contributed by atoms with E-state index in [2.05, 4.69) is 27.9 Å². The van der Waals surface area contributed by atoms with Crippen molar-refractivity contribution in [3.05, 3.63) is 66.6 Å². The number of fused-ring (bicyclic) bond motifs is 2. The Labute approximate surface area is 156 Å². The molecule has 4 rings (SSSR count). The molecule has 134 valence electrons. The van der Waals surface area contributed by atoms with Gasteiger partial charge < -0.3 is 10.2 Å². The average Bonchev–Trinajstić information content (AvgIpc) is 3.15. The fourth-order valence-corrected chi connectivity index (χ4v) is 3.32. The number of carbonyl (C=O) groups is 2. The predicted molar refractivity (Wildman–Crippen MR) is 105 cm³/mol. The maximum absolute atomic E-state index is 12.1. The quantitative estimate of drug-likeness (QED) is 0.731. The Morgan fingerprint density at radius 2 is 1.96 bits per heavy atom. The van der Waals surface area contributed by atoms with Gasteiger partial charge in [-0.05, 0) is 41.3 Å². The Hall–Kier alpha value is -3.54. The monoisotopic (exact) mass is 358 g/mol. The van der Waals surface area contributed by atoms with Gasteiger partial charge in [0, 0.05) is 30.9 Å². The summed E-state index contributed by atoms with van der Waals surface area (Å²) in [5.41, 5.74) is 4.72.